The van der Waals surface area contributed by atoms with Crippen LogP contribution in [-0.2, 0) is 20.8 Å². The standard InChI is InChI=1S/C40H64N4O5/c1-27(2)20-35(40(49)41-34(24-30-14-10-7-11-15-30)38(47)36(45)21-28(3)4)42-39(48)32(22-29-12-8-6-9-13-29)25-37(46)43(5)18-19-44-26-31-16-17-33(44)23-31/h6,8-9,12-13,28,30-36,38,45,47H,1,7,10-11,14-26H2,2-5H3,(H,41,49)(H,42,48)/t31?,32?,33?,34-,35-,36-,38+/m0/s1. The lowest BCUT2D eigenvalue weighted by Crippen LogP contribution is -2.56. The van der Waals surface area contributed by atoms with Gasteiger partial charge in [-0.25, -0.2) is 0 Å². The second-order valence-electron chi connectivity index (χ2n) is 16.0. The maximum Gasteiger partial charge on any atom is 0.243 e. The van der Waals surface area contributed by atoms with Crippen molar-refractivity contribution in [2.45, 2.75) is 135 Å². The molecule has 1 aromatic carbocycles. The largest absolute Gasteiger partial charge is 0.390 e. The third-order valence-electron chi connectivity index (χ3n) is 11.1. The van der Waals surface area contributed by atoms with E-state index in [0.29, 0.717) is 37.8 Å². The van der Waals surface area contributed by atoms with Gasteiger partial charge in [0.15, 0.2) is 0 Å². The highest BCUT2D eigenvalue weighted by Gasteiger charge is 2.38. The molecule has 2 bridgehead atoms. The number of aliphatic hydroxyl groups is 2. The number of hydrogen-bond donors (Lipinski definition) is 4. The zero-order valence-electron chi connectivity index (χ0n) is 30.6. The highest BCUT2D eigenvalue weighted by atomic mass is 16.3. The van der Waals surface area contributed by atoms with E-state index in [-0.39, 0.29) is 30.6 Å². The Bertz CT molecular complexity index is 1220. The van der Waals surface area contributed by atoms with Gasteiger partial charge >= 0.3 is 0 Å². The first-order chi connectivity index (χ1) is 23.4. The van der Waals surface area contributed by atoms with Crippen molar-refractivity contribution >= 4 is 17.7 Å². The molecule has 49 heavy (non-hydrogen) atoms. The summed E-state index contributed by atoms with van der Waals surface area (Å²) in [5.74, 6) is -0.181. The summed E-state index contributed by atoms with van der Waals surface area (Å²) in [4.78, 5) is 45.8. The maximum atomic E-state index is 14.0. The maximum absolute atomic E-state index is 14.0. The number of carbonyl (C=O) groups is 3. The summed E-state index contributed by atoms with van der Waals surface area (Å²) in [7, 11) is 1.82. The summed E-state index contributed by atoms with van der Waals surface area (Å²) in [6.45, 7) is 12.4. The van der Waals surface area contributed by atoms with Crippen LogP contribution in [-0.4, -0.2) is 94.7 Å². The zero-order valence-corrected chi connectivity index (χ0v) is 30.6. The molecule has 2 saturated carbocycles. The monoisotopic (exact) mass is 680 g/mol. The molecule has 274 valence electrons. The number of nitrogens with zero attached hydrogens (tertiary/aromatic N) is 2. The molecule has 0 spiro atoms. The van der Waals surface area contributed by atoms with Crippen molar-refractivity contribution in [1.82, 2.24) is 20.4 Å². The minimum Gasteiger partial charge on any atom is -0.390 e. The SMILES string of the molecule is C=C(C)C[C@H](NC(=O)C(CC(=O)N(C)CCN1CC2CCC1C2)Cc1ccccc1)C(=O)N[C@@H](CC1CCCCC1)[C@@H](O)[C@@H](O)CC(C)C. The number of aliphatic hydroxyl groups excluding tert-OH is 2. The highest BCUT2D eigenvalue weighted by molar-refractivity contribution is 5.91. The van der Waals surface area contributed by atoms with Crippen LogP contribution in [0.3, 0.4) is 0 Å². The number of likely N-dealkylation sites (N-methyl/N-ethyl adjacent to an activating group) is 1. The third kappa shape index (κ3) is 12.2. The molecule has 3 aliphatic rings. The molecule has 7 atom stereocenters. The number of benzene rings is 1. The second-order valence-corrected chi connectivity index (χ2v) is 16.0. The Hall–Kier alpha value is -2.75. The summed E-state index contributed by atoms with van der Waals surface area (Å²) in [5.41, 5.74) is 1.68. The first kappa shape index (κ1) is 39.0. The van der Waals surface area contributed by atoms with Crippen LogP contribution in [0.4, 0.5) is 0 Å². The number of hydrogen-bond acceptors (Lipinski definition) is 6. The fourth-order valence-electron chi connectivity index (χ4n) is 8.31. The molecule has 9 heteroatoms. The molecule has 4 rings (SSSR count). The van der Waals surface area contributed by atoms with Crippen molar-refractivity contribution < 1.29 is 24.6 Å². The van der Waals surface area contributed by atoms with Gasteiger partial charge in [0.25, 0.3) is 0 Å². The van der Waals surface area contributed by atoms with Crippen molar-refractivity contribution in [3.63, 3.8) is 0 Å². The summed E-state index contributed by atoms with van der Waals surface area (Å²) in [6, 6.07) is 8.74. The molecule has 1 heterocycles. The van der Waals surface area contributed by atoms with Crippen LogP contribution in [0.15, 0.2) is 42.5 Å². The van der Waals surface area contributed by atoms with E-state index in [1.54, 1.807) is 4.90 Å². The summed E-state index contributed by atoms with van der Waals surface area (Å²) >= 11 is 0. The third-order valence-corrected chi connectivity index (χ3v) is 11.1. The van der Waals surface area contributed by atoms with Gasteiger partial charge < -0.3 is 25.7 Å². The molecule has 0 radical (unpaired) electrons. The van der Waals surface area contributed by atoms with E-state index in [0.717, 1.165) is 55.8 Å². The van der Waals surface area contributed by atoms with Crippen LogP contribution in [0.5, 0.6) is 0 Å². The molecular formula is C40H64N4O5. The Morgan fingerprint density at radius 3 is 2.31 bits per heavy atom. The number of piperidine rings is 1. The summed E-state index contributed by atoms with van der Waals surface area (Å²) in [5, 5.41) is 28.2. The lowest BCUT2D eigenvalue weighted by molar-refractivity contribution is -0.137. The highest BCUT2D eigenvalue weighted by Crippen LogP contribution is 2.37. The van der Waals surface area contributed by atoms with Crippen LogP contribution in [0.1, 0.15) is 103 Å². The van der Waals surface area contributed by atoms with Gasteiger partial charge in [-0.15, -0.1) is 6.58 Å². The van der Waals surface area contributed by atoms with Crippen LogP contribution < -0.4 is 10.6 Å². The van der Waals surface area contributed by atoms with Gasteiger partial charge in [0.1, 0.15) is 12.1 Å². The summed E-state index contributed by atoms with van der Waals surface area (Å²) in [6.07, 6.45) is 8.89. The molecule has 9 nitrogen and oxygen atoms in total. The van der Waals surface area contributed by atoms with E-state index >= 15 is 0 Å². The van der Waals surface area contributed by atoms with Crippen molar-refractivity contribution in [3.8, 4) is 0 Å². The fourth-order valence-corrected chi connectivity index (χ4v) is 8.31. The van der Waals surface area contributed by atoms with Crippen LogP contribution in [0, 0.1) is 23.7 Å². The van der Waals surface area contributed by atoms with E-state index in [1.165, 1.54) is 25.7 Å². The number of likely N-dealkylation sites (tertiary alicyclic amines) is 1. The Labute approximate surface area is 295 Å². The number of rotatable bonds is 19. The predicted molar refractivity (Wildman–Crippen MR) is 195 cm³/mol. The Kier molecular flexibility index (Phi) is 15.2. The molecule has 1 aliphatic heterocycles. The molecule has 2 aliphatic carbocycles. The second kappa shape index (κ2) is 19.0. The van der Waals surface area contributed by atoms with E-state index in [1.807, 2.05) is 58.2 Å². The molecule has 3 fully saturated rings. The van der Waals surface area contributed by atoms with Gasteiger partial charge in [-0.1, -0.05) is 81.9 Å². The number of nitrogens with one attached hydrogen (secondary N) is 2. The van der Waals surface area contributed by atoms with Crippen LogP contribution >= 0.6 is 0 Å². The minimum atomic E-state index is -1.12. The quantitative estimate of drug-likeness (QED) is 0.155. The van der Waals surface area contributed by atoms with E-state index < -0.39 is 36.1 Å². The molecule has 1 saturated heterocycles. The van der Waals surface area contributed by atoms with E-state index in [9.17, 15) is 24.6 Å². The van der Waals surface area contributed by atoms with Crippen molar-refractivity contribution in [2.24, 2.45) is 23.7 Å². The van der Waals surface area contributed by atoms with Crippen molar-refractivity contribution in [2.75, 3.05) is 26.7 Å². The average Bonchev–Trinajstić information content (AvgIpc) is 3.70. The number of amides is 3. The molecule has 4 N–H and O–H groups in total. The minimum absolute atomic E-state index is 0.0368. The lowest BCUT2D eigenvalue weighted by atomic mass is 9.82. The lowest BCUT2D eigenvalue weighted by Gasteiger charge is -2.34. The smallest absolute Gasteiger partial charge is 0.243 e. The molecule has 0 aromatic heterocycles. The topological polar surface area (TPSA) is 122 Å². The molecule has 3 amide bonds. The van der Waals surface area contributed by atoms with Gasteiger partial charge in [-0.2, -0.15) is 0 Å². The molecule has 1 aromatic rings. The van der Waals surface area contributed by atoms with Crippen LogP contribution in [0.2, 0.25) is 0 Å². The van der Waals surface area contributed by atoms with E-state index in [2.05, 4.69) is 22.1 Å². The van der Waals surface area contributed by atoms with Crippen molar-refractivity contribution in [1.29, 1.82) is 0 Å². The Morgan fingerprint density at radius 1 is 0.980 bits per heavy atom. The normalized spacial score (nSPS) is 22.7. The van der Waals surface area contributed by atoms with Gasteiger partial charge in [0.05, 0.1) is 18.1 Å². The molecule has 3 unspecified atom stereocenters. The van der Waals surface area contributed by atoms with Crippen molar-refractivity contribution in [3.05, 3.63) is 48.0 Å². The van der Waals surface area contributed by atoms with E-state index in [4.69, 9.17) is 0 Å². The first-order valence-electron chi connectivity index (χ1n) is 19.0. The number of carbonyl (C=O) groups excluding carboxylic acids is 3. The number of fused-ring (bicyclic) bond motifs is 2. The van der Waals surface area contributed by atoms with Gasteiger partial charge in [0, 0.05) is 39.1 Å². The van der Waals surface area contributed by atoms with Crippen LogP contribution in [0.25, 0.3) is 0 Å². The zero-order chi connectivity index (χ0) is 35.5. The van der Waals surface area contributed by atoms with Gasteiger partial charge in [-0.05, 0) is 75.2 Å². The Balaban J connectivity index is 1.45. The average molecular weight is 681 g/mol. The first-order valence-corrected chi connectivity index (χ1v) is 19.0. The fraction of sp³-hybridized carbons (Fsp3) is 0.725. The summed E-state index contributed by atoms with van der Waals surface area (Å²) < 4.78 is 0. The van der Waals surface area contributed by atoms with Gasteiger partial charge in [0.2, 0.25) is 17.7 Å². The molecular weight excluding hydrogens is 616 g/mol. The van der Waals surface area contributed by atoms with Gasteiger partial charge in [-0.3, -0.25) is 19.3 Å². The predicted octanol–water partition coefficient (Wildman–Crippen LogP) is 4.85. The Morgan fingerprint density at radius 2 is 1.69 bits per heavy atom.